The van der Waals surface area contributed by atoms with Gasteiger partial charge in [-0.3, -0.25) is 10.1 Å². The molecule has 2 aromatic rings. The van der Waals surface area contributed by atoms with Gasteiger partial charge in [0.15, 0.2) is 0 Å². The van der Waals surface area contributed by atoms with Crippen molar-refractivity contribution in [3.05, 3.63) is 67.9 Å². The van der Waals surface area contributed by atoms with E-state index in [4.69, 9.17) is 0 Å². The number of halogens is 2. The minimum absolute atomic E-state index is 0.0568. The van der Waals surface area contributed by atoms with Gasteiger partial charge in [-0.25, -0.2) is 4.39 Å². The summed E-state index contributed by atoms with van der Waals surface area (Å²) in [5.74, 6) is -0.316. The zero-order valence-electron chi connectivity index (χ0n) is 10.7. The van der Waals surface area contributed by atoms with E-state index in [-0.39, 0.29) is 11.5 Å². The molecule has 0 spiro atoms. The molecule has 0 aliphatic rings. The summed E-state index contributed by atoms with van der Waals surface area (Å²) in [6, 6.07) is 9.49. The Labute approximate surface area is 123 Å². The number of hydrogen-bond acceptors (Lipinski definition) is 3. The van der Waals surface area contributed by atoms with Crippen LogP contribution in [0.3, 0.4) is 0 Å². The normalized spacial score (nSPS) is 10.3. The molecule has 1 N–H and O–H groups in total. The van der Waals surface area contributed by atoms with Crippen LogP contribution in [0.1, 0.15) is 11.1 Å². The highest BCUT2D eigenvalue weighted by Crippen LogP contribution is 2.25. The molecule has 2 rings (SSSR count). The highest BCUT2D eigenvalue weighted by atomic mass is 79.9. The average molecular weight is 339 g/mol. The number of nitrogens with one attached hydrogen (secondary N) is 1. The van der Waals surface area contributed by atoms with Gasteiger partial charge in [0.05, 0.1) is 9.40 Å². The van der Waals surface area contributed by atoms with Crippen molar-refractivity contribution >= 4 is 27.3 Å². The topological polar surface area (TPSA) is 55.2 Å². The van der Waals surface area contributed by atoms with E-state index in [1.165, 1.54) is 18.2 Å². The maximum atomic E-state index is 13.3. The molecule has 0 aromatic heterocycles. The third-order valence-corrected chi connectivity index (χ3v) is 3.48. The van der Waals surface area contributed by atoms with E-state index in [9.17, 15) is 14.5 Å². The largest absolute Gasteiger partial charge is 0.381 e. The Kier molecular flexibility index (Phi) is 4.34. The predicted molar refractivity (Wildman–Crippen MR) is 79.3 cm³/mol. The number of aryl methyl sites for hydroxylation is 1. The number of non-ortho nitro benzene ring substituents is 1. The molecule has 0 aliphatic carbocycles. The van der Waals surface area contributed by atoms with Crippen LogP contribution in [0.4, 0.5) is 15.8 Å². The van der Waals surface area contributed by atoms with Crippen LogP contribution in [-0.2, 0) is 6.54 Å². The van der Waals surface area contributed by atoms with Gasteiger partial charge in [0, 0.05) is 24.4 Å². The third-order valence-electron chi connectivity index (χ3n) is 2.87. The van der Waals surface area contributed by atoms with Crippen LogP contribution in [0.2, 0.25) is 0 Å². The molecule has 0 atom stereocenters. The fourth-order valence-electron chi connectivity index (χ4n) is 1.81. The van der Waals surface area contributed by atoms with Crippen LogP contribution >= 0.6 is 15.9 Å². The molecule has 0 fully saturated rings. The predicted octanol–water partition coefficient (Wildman–Crippen LogP) is 4.42. The molecule has 6 heteroatoms. The lowest BCUT2D eigenvalue weighted by molar-refractivity contribution is -0.384. The fourth-order valence-corrected chi connectivity index (χ4v) is 2.16. The van der Waals surface area contributed by atoms with Crippen molar-refractivity contribution < 1.29 is 9.31 Å². The molecule has 0 radical (unpaired) electrons. The Morgan fingerprint density at radius 1 is 1.35 bits per heavy atom. The Morgan fingerprint density at radius 2 is 2.10 bits per heavy atom. The lowest BCUT2D eigenvalue weighted by Gasteiger charge is -2.10. The maximum absolute atomic E-state index is 13.3. The molecule has 104 valence electrons. The summed E-state index contributed by atoms with van der Waals surface area (Å²) in [7, 11) is 0. The summed E-state index contributed by atoms with van der Waals surface area (Å²) in [6.45, 7) is 2.23. The van der Waals surface area contributed by atoms with Gasteiger partial charge in [0.1, 0.15) is 5.82 Å². The second-order valence-electron chi connectivity index (χ2n) is 4.36. The van der Waals surface area contributed by atoms with Crippen LogP contribution in [0.5, 0.6) is 0 Å². The van der Waals surface area contributed by atoms with Crippen LogP contribution in [-0.4, -0.2) is 4.92 Å². The minimum atomic E-state index is -0.427. The molecule has 0 bridgehead atoms. The zero-order valence-corrected chi connectivity index (χ0v) is 12.3. The van der Waals surface area contributed by atoms with Crippen molar-refractivity contribution in [2.45, 2.75) is 13.5 Å². The Balaban J connectivity index is 2.15. The van der Waals surface area contributed by atoms with Crippen LogP contribution in [0, 0.1) is 22.9 Å². The molecule has 0 saturated heterocycles. The number of benzene rings is 2. The van der Waals surface area contributed by atoms with Gasteiger partial charge in [-0.15, -0.1) is 0 Å². The molecule has 2 aromatic carbocycles. The molecule has 0 heterocycles. The van der Waals surface area contributed by atoms with Crippen LogP contribution in [0.25, 0.3) is 0 Å². The van der Waals surface area contributed by atoms with E-state index in [0.717, 1.165) is 16.8 Å². The Bertz CT molecular complexity index is 662. The van der Waals surface area contributed by atoms with Crippen molar-refractivity contribution in [1.82, 2.24) is 0 Å². The van der Waals surface area contributed by atoms with Gasteiger partial charge in [-0.05, 0) is 46.1 Å². The highest BCUT2D eigenvalue weighted by molar-refractivity contribution is 9.10. The number of hydrogen-bond donors (Lipinski definition) is 1. The smallest absolute Gasteiger partial charge is 0.269 e. The quantitative estimate of drug-likeness (QED) is 0.663. The van der Waals surface area contributed by atoms with Gasteiger partial charge in [0.25, 0.3) is 5.69 Å². The van der Waals surface area contributed by atoms with Crippen molar-refractivity contribution in [3.8, 4) is 0 Å². The zero-order chi connectivity index (χ0) is 14.7. The Hall–Kier alpha value is -1.95. The van der Waals surface area contributed by atoms with E-state index >= 15 is 0 Å². The first-order valence-corrected chi connectivity index (χ1v) is 6.69. The van der Waals surface area contributed by atoms with Gasteiger partial charge < -0.3 is 5.32 Å². The molecular weight excluding hydrogens is 327 g/mol. The lowest BCUT2D eigenvalue weighted by atomic mass is 10.1. The summed E-state index contributed by atoms with van der Waals surface area (Å²) in [5, 5.41) is 13.8. The summed E-state index contributed by atoms with van der Waals surface area (Å²) in [6.07, 6.45) is 0. The van der Waals surface area contributed by atoms with Crippen LogP contribution in [0.15, 0.2) is 40.9 Å². The van der Waals surface area contributed by atoms with E-state index < -0.39 is 4.92 Å². The molecule has 4 nitrogen and oxygen atoms in total. The maximum Gasteiger partial charge on any atom is 0.269 e. The molecule has 0 unspecified atom stereocenters. The SMILES string of the molecule is Cc1cc(F)c(Br)cc1NCc1cccc([N+](=O)[O-])c1. The number of nitrogens with zero attached hydrogens (tertiary/aromatic N) is 1. The number of nitro groups is 1. The molecule has 20 heavy (non-hydrogen) atoms. The summed E-state index contributed by atoms with van der Waals surface area (Å²) in [5.41, 5.74) is 2.40. The number of anilines is 1. The summed E-state index contributed by atoms with van der Waals surface area (Å²) in [4.78, 5) is 10.3. The molecule has 0 amide bonds. The summed E-state index contributed by atoms with van der Waals surface area (Å²) < 4.78 is 13.7. The van der Waals surface area contributed by atoms with Gasteiger partial charge >= 0.3 is 0 Å². The fraction of sp³-hybridized carbons (Fsp3) is 0.143. The monoisotopic (exact) mass is 338 g/mol. The van der Waals surface area contributed by atoms with Crippen LogP contribution < -0.4 is 5.32 Å². The van der Waals surface area contributed by atoms with Crippen molar-refractivity contribution in [1.29, 1.82) is 0 Å². The number of nitro benzene ring substituents is 1. The molecule has 0 aliphatic heterocycles. The average Bonchev–Trinajstić information content (AvgIpc) is 2.41. The summed E-state index contributed by atoms with van der Waals surface area (Å²) >= 11 is 3.13. The van der Waals surface area contributed by atoms with Gasteiger partial charge in [0.2, 0.25) is 0 Å². The number of rotatable bonds is 4. The van der Waals surface area contributed by atoms with E-state index in [2.05, 4.69) is 21.2 Å². The van der Waals surface area contributed by atoms with Crippen molar-refractivity contribution in [2.75, 3.05) is 5.32 Å². The second-order valence-corrected chi connectivity index (χ2v) is 5.22. The highest BCUT2D eigenvalue weighted by Gasteiger charge is 2.07. The first kappa shape index (κ1) is 14.5. The second kappa shape index (κ2) is 6.00. The Morgan fingerprint density at radius 3 is 2.80 bits per heavy atom. The lowest BCUT2D eigenvalue weighted by Crippen LogP contribution is -2.02. The standard InChI is InChI=1S/C14H12BrFN2O2/c1-9-5-13(16)12(15)7-14(9)17-8-10-3-2-4-11(6-10)18(19)20/h2-7,17H,8H2,1H3. The van der Waals surface area contributed by atoms with E-state index in [0.29, 0.717) is 11.0 Å². The van der Waals surface area contributed by atoms with Gasteiger partial charge in [-0.1, -0.05) is 12.1 Å². The third kappa shape index (κ3) is 3.33. The molecule has 0 saturated carbocycles. The van der Waals surface area contributed by atoms with Crippen molar-refractivity contribution in [2.24, 2.45) is 0 Å². The first-order valence-electron chi connectivity index (χ1n) is 5.90. The first-order chi connectivity index (χ1) is 9.47. The van der Waals surface area contributed by atoms with E-state index in [1.807, 2.05) is 0 Å². The molecular formula is C14H12BrFN2O2. The van der Waals surface area contributed by atoms with Crippen molar-refractivity contribution in [3.63, 3.8) is 0 Å². The van der Waals surface area contributed by atoms with Gasteiger partial charge in [-0.2, -0.15) is 0 Å². The minimum Gasteiger partial charge on any atom is -0.381 e. The van der Waals surface area contributed by atoms with E-state index in [1.54, 1.807) is 25.1 Å².